The van der Waals surface area contributed by atoms with Crippen molar-refractivity contribution in [3.8, 4) is 0 Å². The fourth-order valence-corrected chi connectivity index (χ4v) is 4.94. The average molecular weight is 349 g/mol. The summed E-state index contributed by atoms with van der Waals surface area (Å²) >= 11 is 1.64. The maximum Gasteiger partial charge on any atom is 0.286 e. The average Bonchev–Trinajstić information content (AvgIpc) is 2.53. The molecule has 0 saturated carbocycles. The molecule has 2 aromatic rings. The van der Waals surface area contributed by atoms with Gasteiger partial charge in [-0.1, -0.05) is 43.8 Å². The molecule has 1 aliphatic heterocycles. The van der Waals surface area contributed by atoms with E-state index in [4.69, 9.17) is 0 Å². The Bertz CT molecular complexity index is 833. The first-order chi connectivity index (χ1) is 11.0. The molecule has 1 unspecified atom stereocenters. The molecule has 1 heterocycles. The lowest BCUT2D eigenvalue weighted by molar-refractivity contribution is 0.464. The van der Waals surface area contributed by atoms with Gasteiger partial charge in [0, 0.05) is 9.79 Å². The number of rotatable bonds is 4. The third-order valence-corrected chi connectivity index (χ3v) is 6.36. The van der Waals surface area contributed by atoms with Crippen molar-refractivity contribution >= 4 is 33.3 Å². The molecular formula is C17H19NO3S2. The lowest BCUT2D eigenvalue weighted by Gasteiger charge is -2.37. The molecule has 122 valence electrons. The topological polar surface area (TPSA) is 57.6 Å². The number of aryl methyl sites for hydroxylation is 1. The van der Waals surface area contributed by atoms with Crippen LogP contribution >= 0.6 is 11.8 Å². The van der Waals surface area contributed by atoms with Crippen LogP contribution in [-0.2, 0) is 16.5 Å². The molecule has 1 N–H and O–H groups in total. The summed E-state index contributed by atoms with van der Waals surface area (Å²) < 4.78 is 33.5. The van der Waals surface area contributed by atoms with Gasteiger partial charge >= 0.3 is 0 Å². The van der Waals surface area contributed by atoms with Crippen molar-refractivity contribution in [3.63, 3.8) is 0 Å². The third kappa shape index (κ3) is 2.98. The fourth-order valence-electron chi connectivity index (χ4n) is 2.89. The zero-order chi connectivity index (χ0) is 16.6. The first kappa shape index (κ1) is 16.4. The maximum atomic E-state index is 11.9. The maximum absolute atomic E-state index is 11.9. The fraction of sp³-hybridized carbons (Fsp3) is 0.294. The van der Waals surface area contributed by atoms with E-state index in [1.54, 1.807) is 23.6 Å². The van der Waals surface area contributed by atoms with E-state index in [0.717, 1.165) is 27.6 Å². The van der Waals surface area contributed by atoms with E-state index in [0.29, 0.717) is 6.42 Å². The number of benzene rings is 2. The molecular weight excluding hydrogens is 330 g/mol. The Morgan fingerprint density at radius 2 is 1.78 bits per heavy atom. The molecule has 4 nitrogen and oxygen atoms in total. The van der Waals surface area contributed by atoms with Gasteiger partial charge in [0.25, 0.3) is 10.1 Å². The van der Waals surface area contributed by atoms with Crippen LogP contribution in [0.15, 0.2) is 52.3 Å². The van der Waals surface area contributed by atoms with Gasteiger partial charge < -0.3 is 4.90 Å². The van der Waals surface area contributed by atoms with Crippen molar-refractivity contribution in [1.82, 2.24) is 0 Å². The van der Waals surface area contributed by atoms with Gasteiger partial charge in [0.2, 0.25) is 0 Å². The zero-order valence-electron chi connectivity index (χ0n) is 13.1. The second-order valence-corrected chi connectivity index (χ2v) is 8.13. The predicted octanol–water partition coefficient (Wildman–Crippen LogP) is 4.48. The van der Waals surface area contributed by atoms with Crippen LogP contribution in [0.2, 0.25) is 0 Å². The van der Waals surface area contributed by atoms with Crippen LogP contribution in [0.5, 0.6) is 0 Å². The Morgan fingerprint density at radius 3 is 2.43 bits per heavy atom. The smallest absolute Gasteiger partial charge is 0.286 e. The minimum Gasteiger partial charge on any atom is -0.320 e. The van der Waals surface area contributed by atoms with Gasteiger partial charge in [0.1, 0.15) is 0 Å². The summed E-state index contributed by atoms with van der Waals surface area (Å²) in [6.45, 7) is 3.86. The number of nitrogens with zero attached hydrogens (tertiary/aromatic N) is 1. The quantitative estimate of drug-likeness (QED) is 0.825. The van der Waals surface area contributed by atoms with E-state index in [1.165, 1.54) is 5.56 Å². The molecule has 0 aliphatic carbocycles. The summed E-state index contributed by atoms with van der Waals surface area (Å²) in [5, 5.41) is -0.990. The number of para-hydroxylation sites is 1. The molecule has 0 bridgehead atoms. The Morgan fingerprint density at radius 1 is 1.09 bits per heavy atom. The monoisotopic (exact) mass is 349 g/mol. The highest BCUT2D eigenvalue weighted by molar-refractivity contribution is 7.99. The van der Waals surface area contributed by atoms with Crippen LogP contribution in [0.25, 0.3) is 0 Å². The van der Waals surface area contributed by atoms with Gasteiger partial charge in [-0.25, -0.2) is 0 Å². The summed E-state index contributed by atoms with van der Waals surface area (Å²) in [6.07, 6.45) is 1.22. The first-order valence-corrected chi connectivity index (χ1v) is 9.93. The lowest BCUT2D eigenvalue weighted by atomic mass is 10.1. The summed E-state index contributed by atoms with van der Waals surface area (Å²) in [5.41, 5.74) is 2.85. The van der Waals surface area contributed by atoms with E-state index in [9.17, 15) is 13.0 Å². The molecule has 1 atom stereocenters. The van der Waals surface area contributed by atoms with Crippen molar-refractivity contribution in [2.24, 2.45) is 0 Å². The van der Waals surface area contributed by atoms with Crippen molar-refractivity contribution in [1.29, 1.82) is 0 Å². The Kier molecular flexibility index (Phi) is 4.40. The molecule has 0 amide bonds. The van der Waals surface area contributed by atoms with Crippen molar-refractivity contribution in [3.05, 3.63) is 48.0 Å². The molecule has 23 heavy (non-hydrogen) atoms. The lowest BCUT2D eigenvalue weighted by Crippen LogP contribution is -2.38. The second kappa shape index (κ2) is 6.19. The van der Waals surface area contributed by atoms with Crippen LogP contribution in [0.3, 0.4) is 0 Å². The highest BCUT2D eigenvalue weighted by Gasteiger charge is 2.34. The summed E-state index contributed by atoms with van der Waals surface area (Å²) in [6, 6.07) is 13.8. The molecule has 0 spiro atoms. The minimum absolute atomic E-state index is 0.298. The molecule has 0 radical (unpaired) electrons. The highest BCUT2D eigenvalue weighted by atomic mass is 32.2. The molecule has 3 rings (SSSR count). The van der Waals surface area contributed by atoms with E-state index in [2.05, 4.69) is 13.0 Å². The molecule has 2 aromatic carbocycles. The van der Waals surface area contributed by atoms with Gasteiger partial charge in [-0.3, -0.25) is 4.55 Å². The number of hydrogen-bond donors (Lipinski definition) is 1. The number of fused-ring (bicyclic) bond motifs is 2. The summed E-state index contributed by atoms with van der Waals surface area (Å²) in [7, 11) is -4.20. The van der Waals surface area contributed by atoms with E-state index in [-0.39, 0.29) is 0 Å². The van der Waals surface area contributed by atoms with Crippen LogP contribution in [-0.4, -0.2) is 18.3 Å². The molecule has 0 fully saturated rings. The molecule has 0 saturated heterocycles. The van der Waals surface area contributed by atoms with Crippen LogP contribution < -0.4 is 4.90 Å². The minimum atomic E-state index is -4.20. The predicted molar refractivity (Wildman–Crippen MR) is 94.2 cm³/mol. The van der Waals surface area contributed by atoms with Gasteiger partial charge in [-0.05, 0) is 42.7 Å². The van der Waals surface area contributed by atoms with E-state index >= 15 is 0 Å². The molecule has 0 aromatic heterocycles. The molecule has 1 aliphatic rings. The van der Waals surface area contributed by atoms with Crippen LogP contribution in [0.4, 0.5) is 11.4 Å². The van der Waals surface area contributed by atoms with Crippen molar-refractivity contribution < 1.29 is 13.0 Å². The highest BCUT2D eigenvalue weighted by Crippen LogP contribution is 2.49. The van der Waals surface area contributed by atoms with Gasteiger partial charge in [-0.2, -0.15) is 8.42 Å². The number of anilines is 2. The third-order valence-electron chi connectivity index (χ3n) is 4.02. The SMILES string of the molecule is CCc1ccc2c(c1)Sc1ccccc1N2C(CC)S(=O)(=O)O. The van der Waals surface area contributed by atoms with Crippen molar-refractivity contribution in [2.75, 3.05) is 4.90 Å². The van der Waals surface area contributed by atoms with Crippen molar-refractivity contribution in [2.45, 2.75) is 41.9 Å². The van der Waals surface area contributed by atoms with Gasteiger partial charge in [0.15, 0.2) is 5.37 Å². The van der Waals surface area contributed by atoms with Gasteiger partial charge in [-0.15, -0.1) is 0 Å². The first-order valence-electron chi connectivity index (χ1n) is 7.61. The Balaban J connectivity index is 2.22. The second-order valence-electron chi connectivity index (χ2n) is 5.47. The molecule has 6 heteroatoms. The van der Waals surface area contributed by atoms with E-state index < -0.39 is 15.5 Å². The van der Waals surface area contributed by atoms with Crippen LogP contribution in [0.1, 0.15) is 25.8 Å². The summed E-state index contributed by atoms with van der Waals surface area (Å²) in [5.74, 6) is 0. The zero-order valence-corrected chi connectivity index (χ0v) is 14.7. The summed E-state index contributed by atoms with van der Waals surface area (Å²) in [4.78, 5) is 3.76. The Hall–Kier alpha value is -1.50. The van der Waals surface area contributed by atoms with E-state index in [1.807, 2.05) is 36.4 Å². The normalized spacial score (nSPS) is 15.0. The largest absolute Gasteiger partial charge is 0.320 e. The van der Waals surface area contributed by atoms with Gasteiger partial charge in [0.05, 0.1) is 11.4 Å². The Labute approximate surface area is 141 Å². The standard InChI is InChI=1S/C17H19NO3S2/c1-3-12-9-10-14-16(11-12)22-15-8-6-5-7-13(15)18(14)17(4-2)23(19,20)21/h5-11,17H,3-4H2,1-2H3,(H,19,20,21). The number of hydrogen-bond acceptors (Lipinski definition) is 4. The van der Waals surface area contributed by atoms with Crippen LogP contribution in [0, 0.1) is 0 Å².